The minimum Gasteiger partial charge on any atom is -0.755 e. The van der Waals surface area contributed by atoms with Gasteiger partial charge in [-0.3, -0.25) is 4.21 Å². The molecule has 7 heteroatoms. The van der Waals surface area contributed by atoms with Gasteiger partial charge in [0, 0.05) is 65.3 Å². The zero-order valence-electron chi connectivity index (χ0n) is 10.0. The van der Waals surface area contributed by atoms with Gasteiger partial charge in [-0.25, -0.2) is 0 Å². The van der Waals surface area contributed by atoms with Crippen LogP contribution in [0.15, 0.2) is 24.3 Å². The van der Waals surface area contributed by atoms with Crippen LogP contribution in [0.2, 0.25) is 0 Å². The second-order valence-corrected chi connectivity index (χ2v) is 3.86. The first-order valence-electron chi connectivity index (χ1n) is 4.99. The van der Waals surface area contributed by atoms with E-state index in [-0.39, 0.29) is 36.2 Å². The van der Waals surface area contributed by atoms with Gasteiger partial charge in [-0.1, -0.05) is 0 Å². The maximum atomic E-state index is 10.4. The third-order valence-electron chi connectivity index (χ3n) is 2.19. The van der Waals surface area contributed by atoms with Crippen molar-refractivity contribution in [1.29, 1.82) is 0 Å². The quantitative estimate of drug-likeness (QED) is 0.575. The monoisotopic (exact) mass is 266 g/mol. The molecule has 1 rings (SSSR count). The second kappa shape index (κ2) is 8.91. The fourth-order valence-electron chi connectivity index (χ4n) is 1.43. The molecule has 1 unspecified atom stereocenters. The van der Waals surface area contributed by atoms with Crippen molar-refractivity contribution in [2.75, 3.05) is 29.3 Å². The van der Waals surface area contributed by atoms with Crippen molar-refractivity contribution >= 4 is 52.2 Å². The van der Waals surface area contributed by atoms with Crippen molar-refractivity contribution in [2.24, 2.45) is 0 Å². The average Bonchev–Trinajstić information content (AvgIpc) is 2.26. The van der Waals surface area contributed by atoms with Crippen LogP contribution in [0, 0.1) is 0 Å². The van der Waals surface area contributed by atoms with Gasteiger partial charge in [-0.05, 0) is 31.2 Å². The Kier molecular flexibility index (Phi) is 8.85. The maximum Gasteiger partial charge on any atom is 0.0606 e. The summed E-state index contributed by atoms with van der Waals surface area (Å²) in [6, 6.07) is 7.00. The molecule has 0 bridgehead atoms. The molecule has 1 atom stereocenters. The molecule has 0 aliphatic heterocycles. The van der Waals surface area contributed by atoms with Crippen LogP contribution in [0.25, 0.3) is 0 Å². The summed E-state index contributed by atoms with van der Waals surface area (Å²) in [4.78, 5) is 2.00. The number of likely N-dealkylation sites (N-methyl/N-ethyl adjacent to an activating group) is 1. The Morgan fingerprint density at radius 3 is 2.41 bits per heavy atom. The molecule has 0 amide bonds. The maximum absolute atomic E-state index is 10.4. The van der Waals surface area contributed by atoms with Gasteiger partial charge in [0.25, 0.3) is 0 Å². The molecule has 0 aromatic heterocycles. The number of rotatable bonds is 6. The normalized spacial score (nSPS) is 11.5. The number of aliphatic hydroxyl groups is 1. The summed E-state index contributed by atoms with van der Waals surface area (Å²) in [6.45, 7) is 3.45. The van der Waals surface area contributed by atoms with Gasteiger partial charge in [0.2, 0.25) is 0 Å². The number of nitrogens with one attached hydrogen (secondary N) is 1. The number of hydrogen-bond acceptors (Lipinski definition) is 4. The molecule has 0 fully saturated rings. The Bertz CT molecular complexity index is 348. The smallest absolute Gasteiger partial charge is 0.0606 e. The average molecular weight is 266 g/mol. The van der Waals surface area contributed by atoms with E-state index in [1.165, 1.54) is 0 Å². The Hall–Kier alpha value is -0.110. The minimum absolute atomic E-state index is 0. The number of nitrogens with zero attached hydrogens (tertiary/aromatic N) is 1. The summed E-state index contributed by atoms with van der Waals surface area (Å²) >= 11 is -2.29. The van der Waals surface area contributed by atoms with E-state index in [4.69, 9.17) is 5.11 Å². The third kappa shape index (κ3) is 5.85. The molecule has 0 heterocycles. The van der Waals surface area contributed by atoms with E-state index < -0.39 is 11.3 Å². The molecule has 5 nitrogen and oxygen atoms in total. The van der Waals surface area contributed by atoms with E-state index in [0.29, 0.717) is 12.2 Å². The summed E-state index contributed by atoms with van der Waals surface area (Å²) in [5.74, 6) is 0. The van der Waals surface area contributed by atoms with Gasteiger partial charge in [0.05, 0.1) is 6.61 Å². The van der Waals surface area contributed by atoms with E-state index in [0.717, 1.165) is 12.2 Å². The topological polar surface area (TPSA) is 75.6 Å². The summed E-state index contributed by atoms with van der Waals surface area (Å²) in [7, 11) is 0. The first-order chi connectivity index (χ1) is 7.67. The molecule has 0 saturated heterocycles. The van der Waals surface area contributed by atoms with Crippen molar-refractivity contribution in [2.45, 2.75) is 6.92 Å². The van der Waals surface area contributed by atoms with Crippen LogP contribution in [-0.2, 0) is 11.3 Å². The van der Waals surface area contributed by atoms with Gasteiger partial charge < -0.3 is 19.3 Å². The standard InChI is InChI=1S/C10H16N2O3S.Na/c1-2-12(7-8-13)10-5-3-9(4-6-10)11-16(14)15;/h3-6,11,13H,2,7-8H2,1H3,(H,14,15);/p-1. The van der Waals surface area contributed by atoms with Crippen LogP contribution in [0.4, 0.5) is 11.4 Å². The molecule has 0 aliphatic carbocycles. The van der Waals surface area contributed by atoms with E-state index in [1.807, 2.05) is 24.0 Å². The van der Waals surface area contributed by atoms with E-state index >= 15 is 0 Å². The Labute approximate surface area is 126 Å². The molecular formula is C10H15N2NaO3S-. The molecule has 1 aromatic carbocycles. The predicted octanol–water partition coefficient (Wildman–Crippen LogP) is 0.330. The van der Waals surface area contributed by atoms with Gasteiger partial charge in [0.1, 0.15) is 0 Å². The molecule has 17 heavy (non-hydrogen) atoms. The Balaban J connectivity index is 0.00000256. The van der Waals surface area contributed by atoms with E-state index in [9.17, 15) is 8.76 Å². The zero-order chi connectivity index (χ0) is 12.0. The minimum atomic E-state index is -2.29. The molecule has 0 aliphatic rings. The molecule has 1 radical (unpaired) electrons. The van der Waals surface area contributed by atoms with Gasteiger partial charge in [0.15, 0.2) is 0 Å². The van der Waals surface area contributed by atoms with Crippen molar-refractivity contribution < 1.29 is 13.9 Å². The number of hydrogen-bond donors (Lipinski definition) is 2. The van der Waals surface area contributed by atoms with Crippen LogP contribution < -0.4 is 9.62 Å². The summed E-state index contributed by atoms with van der Waals surface area (Å²) in [5, 5.41) is 8.87. The van der Waals surface area contributed by atoms with E-state index in [1.54, 1.807) is 12.1 Å². The third-order valence-corrected chi connectivity index (χ3v) is 2.59. The molecular weight excluding hydrogens is 251 g/mol. The SMILES string of the molecule is CCN(CCO)c1ccc(NS(=O)[O-])cc1.[Na]. The van der Waals surface area contributed by atoms with Gasteiger partial charge >= 0.3 is 0 Å². The molecule has 91 valence electrons. The van der Waals surface area contributed by atoms with Crippen molar-refractivity contribution in [3.05, 3.63) is 24.3 Å². The van der Waals surface area contributed by atoms with Crippen LogP contribution in [0.5, 0.6) is 0 Å². The first-order valence-corrected chi connectivity index (χ1v) is 6.06. The summed E-state index contributed by atoms with van der Waals surface area (Å²) in [6.07, 6.45) is 0. The predicted molar refractivity (Wildman–Crippen MR) is 69.7 cm³/mol. The largest absolute Gasteiger partial charge is 0.755 e. The van der Waals surface area contributed by atoms with Gasteiger partial charge in [-0.15, -0.1) is 0 Å². The first kappa shape index (κ1) is 16.9. The number of aliphatic hydroxyl groups excluding tert-OH is 1. The summed E-state index contributed by atoms with van der Waals surface area (Å²) in [5.41, 5.74) is 1.48. The van der Waals surface area contributed by atoms with Crippen LogP contribution >= 0.6 is 0 Å². The Morgan fingerprint density at radius 1 is 1.41 bits per heavy atom. The van der Waals surface area contributed by atoms with E-state index in [2.05, 4.69) is 4.72 Å². The molecule has 2 N–H and O–H groups in total. The fourth-order valence-corrected chi connectivity index (χ4v) is 1.76. The number of anilines is 2. The van der Waals surface area contributed by atoms with Crippen molar-refractivity contribution in [3.63, 3.8) is 0 Å². The molecule has 1 aromatic rings. The van der Waals surface area contributed by atoms with Crippen molar-refractivity contribution in [3.8, 4) is 0 Å². The van der Waals surface area contributed by atoms with Gasteiger partial charge in [-0.2, -0.15) is 0 Å². The second-order valence-electron chi connectivity index (χ2n) is 3.19. The molecule has 0 saturated carbocycles. The Morgan fingerprint density at radius 2 is 2.00 bits per heavy atom. The van der Waals surface area contributed by atoms with Crippen LogP contribution in [0.1, 0.15) is 6.92 Å². The zero-order valence-corrected chi connectivity index (χ0v) is 12.9. The molecule has 0 spiro atoms. The van der Waals surface area contributed by atoms with Crippen LogP contribution in [-0.4, -0.2) is 63.1 Å². The van der Waals surface area contributed by atoms with Crippen LogP contribution in [0.3, 0.4) is 0 Å². The number of benzene rings is 1. The fraction of sp³-hybridized carbons (Fsp3) is 0.400. The summed E-state index contributed by atoms with van der Waals surface area (Å²) < 4.78 is 23.1. The van der Waals surface area contributed by atoms with Crippen molar-refractivity contribution in [1.82, 2.24) is 0 Å².